The van der Waals surface area contributed by atoms with Crippen molar-refractivity contribution in [2.75, 3.05) is 0 Å². The SMILES string of the molecule is CC/C=C/CC1OC1C/C=C/CCCCCCCCCCC. The first-order valence-corrected chi connectivity index (χ1v) is 9.84. The smallest absolute Gasteiger partial charge is 0.0879 e. The average Bonchev–Trinajstić information content (AvgIpc) is 3.27. The molecule has 0 aromatic carbocycles. The fourth-order valence-corrected chi connectivity index (χ4v) is 2.91. The summed E-state index contributed by atoms with van der Waals surface area (Å²) in [5, 5.41) is 0. The lowest BCUT2D eigenvalue weighted by Gasteiger charge is -2.00. The summed E-state index contributed by atoms with van der Waals surface area (Å²) in [7, 11) is 0. The standard InChI is InChI=1S/C21H38O/c1-3-5-7-8-9-10-11-12-13-14-15-17-19-21-20(22-21)18-16-6-4-2/h6,15-17,20-21H,3-5,7-14,18-19H2,1-2H3/b16-6+,17-15+. The molecule has 1 nitrogen and oxygen atoms in total. The van der Waals surface area contributed by atoms with E-state index in [9.17, 15) is 0 Å². The van der Waals surface area contributed by atoms with Crippen LogP contribution in [0.3, 0.4) is 0 Å². The van der Waals surface area contributed by atoms with Crippen molar-refractivity contribution in [2.24, 2.45) is 0 Å². The predicted molar refractivity (Wildman–Crippen MR) is 98.3 cm³/mol. The molecular formula is C21H38O. The molecule has 1 aliphatic rings. The van der Waals surface area contributed by atoms with Crippen LogP contribution in [0.25, 0.3) is 0 Å². The molecule has 0 amide bonds. The number of hydrogen-bond acceptors (Lipinski definition) is 1. The van der Waals surface area contributed by atoms with Crippen LogP contribution in [0.5, 0.6) is 0 Å². The first-order chi connectivity index (χ1) is 10.9. The second-order valence-electron chi connectivity index (χ2n) is 6.65. The molecule has 0 aromatic rings. The highest BCUT2D eigenvalue weighted by Crippen LogP contribution is 2.29. The lowest BCUT2D eigenvalue weighted by molar-refractivity contribution is 0.372. The molecule has 1 fully saturated rings. The Morgan fingerprint density at radius 3 is 1.77 bits per heavy atom. The molecule has 1 rings (SSSR count). The van der Waals surface area contributed by atoms with E-state index in [1.807, 2.05) is 0 Å². The Morgan fingerprint density at radius 1 is 0.636 bits per heavy atom. The van der Waals surface area contributed by atoms with Crippen molar-refractivity contribution in [3.63, 3.8) is 0 Å². The minimum atomic E-state index is 0.500. The van der Waals surface area contributed by atoms with E-state index in [-0.39, 0.29) is 0 Å². The Labute approximate surface area is 139 Å². The fraction of sp³-hybridized carbons (Fsp3) is 0.810. The van der Waals surface area contributed by atoms with E-state index in [1.165, 1.54) is 64.2 Å². The summed E-state index contributed by atoms with van der Waals surface area (Å²) in [4.78, 5) is 0. The van der Waals surface area contributed by atoms with Gasteiger partial charge in [0.1, 0.15) is 0 Å². The minimum Gasteiger partial charge on any atom is -0.369 e. The maximum Gasteiger partial charge on any atom is 0.0879 e. The summed E-state index contributed by atoms with van der Waals surface area (Å²) in [6, 6.07) is 0. The highest BCUT2D eigenvalue weighted by Gasteiger charge is 2.35. The van der Waals surface area contributed by atoms with Gasteiger partial charge in [0.25, 0.3) is 0 Å². The highest BCUT2D eigenvalue weighted by molar-refractivity contribution is 4.97. The van der Waals surface area contributed by atoms with Crippen LogP contribution in [0, 0.1) is 0 Å². The minimum absolute atomic E-state index is 0.500. The van der Waals surface area contributed by atoms with Gasteiger partial charge in [-0.3, -0.25) is 0 Å². The molecule has 0 N–H and O–H groups in total. The normalized spacial score (nSPS) is 21.2. The Kier molecular flexibility index (Phi) is 12.5. The Bertz CT molecular complexity index is 292. The van der Waals surface area contributed by atoms with Gasteiger partial charge in [-0.25, -0.2) is 0 Å². The van der Waals surface area contributed by atoms with Crippen LogP contribution in [0.4, 0.5) is 0 Å². The van der Waals surface area contributed by atoms with Gasteiger partial charge in [0.2, 0.25) is 0 Å². The summed E-state index contributed by atoms with van der Waals surface area (Å²) in [5.41, 5.74) is 0. The summed E-state index contributed by atoms with van der Waals surface area (Å²) in [5.74, 6) is 0. The molecule has 0 bridgehead atoms. The largest absolute Gasteiger partial charge is 0.369 e. The van der Waals surface area contributed by atoms with Crippen molar-refractivity contribution < 1.29 is 4.74 Å². The number of epoxide rings is 1. The van der Waals surface area contributed by atoms with E-state index in [4.69, 9.17) is 4.74 Å². The van der Waals surface area contributed by atoms with E-state index in [1.54, 1.807) is 0 Å². The summed E-state index contributed by atoms with van der Waals surface area (Å²) in [6.45, 7) is 4.46. The van der Waals surface area contributed by atoms with Crippen molar-refractivity contribution in [2.45, 2.75) is 110 Å². The van der Waals surface area contributed by atoms with Crippen molar-refractivity contribution in [1.29, 1.82) is 0 Å². The van der Waals surface area contributed by atoms with Gasteiger partial charge in [0, 0.05) is 0 Å². The fourth-order valence-electron chi connectivity index (χ4n) is 2.91. The third kappa shape index (κ3) is 11.1. The lowest BCUT2D eigenvalue weighted by Crippen LogP contribution is -1.90. The van der Waals surface area contributed by atoms with Crippen LogP contribution in [0.15, 0.2) is 24.3 Å². The van der Waals surface area contributed by atoms with E-state index in [0.29, 0.717) is 12.2 Å². The van der Waals surface area contributed by atoms with Crippen LogP contribution in [-0.2, 0) is 4.74 Å². The van der Waals surface area contributed by atoms with Crippen molar-refractivity contribution in [3.8, 4) is 0 Å². The maximum absolute atomic E-state index is 5.66. The van der Waals surface area contributed by atoms with Gasteiger partial charge in [-0.1, -0.05) is 89.5 Å². The van der Waals surface area contributed by atoms with Gasteiger partial charge in [0.05, 0.1) is 12.2 Å². The Balaban J connectivity index is 1.79. The summed E-state index contributed by atoms with van der Waals surface area (Å²) >= 11 is 0. The van der Waals surface area contributed by atoms with Gasteiger partial charge < -0.3 is 4.74 Å². The zero-order chi connectivity index (χ0) is 15.9. The molecule has 2 unspecified atom stereocenters. The third-order valence-corrected chi connectivity index (χ3v) is 4.47. The molecule has 1 heterocycles. The van der Waals surface area contributed by atoms with Gasteiger partial charge in [0.15, 0.2) is 0 Å². The molecule has 0 aliphatic carbocycles. The second-order valence-corrected chi connectivity index (χ2v) is 6.65. The lowest BCUT2D eigenvalue weighted by atomic mass is 10.1. The number of hydrogen-bond donors (Lipinski definition) is 0. The van der Waals surface area contributed by atoms with Crippen LogP contribution in [0.1, 0.15) is 97.3 Å². The topological polar surface area (TPSA) is 12.5 Å². The molecule has 0 spiro atoms. The third-order valence-electron chi connectivity index (χ3n) is 4.47. The monoisotopic (exact) mass is 306 g/mol. The van der Waals surface area contributed by atoms with Crippen molar-refractivity contribution in [3.05, 3.63) is 24.3 Å². The van der Waals surface area contributed by atoms with Crippen molar-refractivity contribution in [1.82, 2.24) is 0 Å². The predicted octanol–water partition coefficient (Wildman–Crippen LogP) is 6.98. The number of allylic oxidation sites excluding steroid dienone is 2. The Morgan fingerprint density at radius 2 is 1.18 bits per heavy atom. The van der Waals surface area contributed by atoms with Crippen LogP contribution >= 0.6 is 0 Å². The van der Waals surface area contributed by atoms with Gasteiger partial charge in [-0.05, 0) is 32.1 Å². The Hall–Kier alpha value is -0.560. The number of rotatable bonds is 15. The first-order valence-electron chi connectivity index (χ1n) is 9.84. The molecule has 1 aliphatic heterocycles. The van der Waals surface area contributed by atoms with Crippen molar-refractivity contribution >= 4 is 0 Å². The van der Waals surface area contributed by atoms with Gasteiger partial charge in [-0.2, -0.15) is 0 Å². The molecule has 0 radical (unpaired) electrons. The summed E-state index contributed by atoms with van der Waals surface area (Å²) in [6.07, 6.45) is 27.5. The van der Waals surface area contributed by atoms with Gasteiger partial charge >= 0.3 is 0 Å². The van der Waals surface area contributed by atoms with E-state index < -0.39 is 0 Å². The molecular weight excluding hydrogens is 268 g/mol. The molecule has 0 saturated carbocycles. The van der Waals surface area contributed by atoms with Crippen LogP contribution in [0.2, 0.25) is 0 Å². The zero-order valence-electron chi connectivity index (χ0n) is 15.1. The second kappa shape index (κ2) is 14.1. The molecule has 2 atom stereocenters. The summed E-state index contributed by atoms with van der Waals surface area (Å²) < 4.78 is 5.66. The van der Waals surface area contributed by atoms with E-state index >= 15 is 0 Å². The average molecular weight is 307 g/mol. The number of ether oxygens (including phenoxy) is 1. The quantitative estimate of drug-likeness (QED) is 0.181. The zero-order valence-corrected chi connectivity index (χ0v) is 15.1. The highest BCUT2D eigenvalue weighted by atomic mass is 16.6. The molecule has 128 valence electrons. The molecule has 22 heavy (non-hydrogen) atoms. The maximum atomic E-state index is 5.66. The first kappa shape index (κ1) is 19.5. The number of unbranched alkanes of at least 4 members (excludes halogenated alkanes) is 9. The van der Waals surface area contributed by atoms with Gasteiger partial charge in [-0.15, -0.1) is 0 Å². The van der Waals surface area contributed by atoms with Crippen LogP contribution < -0.4 is 0 Å². The molecule has 1 saturated heterocycles. The molecule has 0 aromatic heterocycles. The van der Waals surface area contributed by atoms with E-state index in [0.717, 1.165) is 19.3 Å². The molecule has 1 heteroatoms. The van der Waals surface area contributed by atoms with E-state index in [2.05, 4.69) is 38.2 Å². The van der Waals surface area contributed by atoms with Crippen LogP contribution in [-0.4, -0.2) is 12.2 Å².